The normalized spacial score (nSPS) is 20.2. The number of amides is 3. The molecule has 1 saturated carbocycles. The highest BCUT2D eigenvalue weighted by atomic mass is 19.3. The van der Waals surface area contributed by atoms with Gasteiger partial charge in [0.25, 0.3) is 11.8 Å². The predicted molar refractivity (Wildman–Crippen MR) is 118 cm³/mol. The van der Waals surface area contributed by atoms with Gasteiger partial charge in [-0.2, -0.15) is 0 Å². The number of carbonyl (C=O) groups is 2. The number of rotatable bonds is 5. The molecule has 1 aromatic carbocycles. The van der Waals surface area contributed by atoms with Gasteiger partial charge in [-0.1, -0.05) is 0 Å². The minimum absolute atomic E-state index is 0.118. The largest absolute Gasteiger partial charge is 0.377 e. The molecule has 1 aliphatic carbocycles. The van der Waals surface area contributed by atoms with Crippen molar-refractivity contribution in [1.82, 2.24) is 15.3 Å². The van der Waals surface area contributed by atoms with Gasteiger partial charge in [0.05, 0.1) is 26.0 Å². The maximum absolute atomic E-state index is 13.8. The molecule has 1 atom stereocenters. The minimum Gasteiger partial charge on any atom is -0.377 e. The monoisotopic (exact) mass is 458 g/mol. The number of ether oxygens (including phenoxy) is 1. The average Bonchev–Trinajstić information content (AvgIpc) is 3.60. The maximum Gasteiger partial charge on any atom is 0.319 e. The highest BCUT2D eigenvalue weighted by Crippen LogP contribution is 2.37. The number of hydrogen-bond donors (Lipinski definition) is 2. The molecule has 0 radical (unpaired) electrons. The molecule has 0 spiro atoms. The third kappa shape index (κ3) is 4.58. The average molecular weight is 458 g/mol. The first-order valence-corrected chi connectivity index (χ1v) is 10.9. The Kier molecular flexibility index (Phi) is 5.35. The SMILES string of the molecule is CC(F)(F)CN1C(=O)C2COCCN2c2nc(-c3ccc(NC(=O)NC4CC4)cc3)ncc21. The van der Waals surface area contributed by atoms with E-state index < -0.39 is 24.4 Å². The Balaban J connectivity index is 1.42. The molecule has 2 fully saturated rings. The van der Waals surface area contributed by atoms with Gasteiger partial charge >= 0.3 is 6.03 Å². The van der Waals surface area contributed by atoms with Crippen LogP contribution in [0.1, 0.15) is 19.8 Å². The van der Waals surface area contributed by atoms with Crippen LogP contribution in [0.15, 0.2) is 30.5 Å². The Hall–Kier alpha value is -3.34. The highest BCUT2D eigenvalue weighted by Gasteiger charge is 2.44. The van der Waals surface area contributed by atoms with Crippen LogP contribution < -0.4 is 20.4 Å². The lowest BCUT2D eigenvalue weighted by Gasteiger charge is -2.44. The zero-order chi connectivity index (χ0) is 23.2. The Labute approximate surface area is 189 Å². The zero-order valence-electron chi connectivity index (χ0n) is 18.1. The lowest BCUT2D eigenvalue weighted by Crippen LogP contribution is -2.60. The van der Waals surface area contributed by atoms with E-state index in [1.165, 1.54) is 6.20 Å². The zero-order valence-corrected chi connectivity index (χ0v) is 18.1. The van der Waals surface area contributed by atoms with Crippen LogP contribution in [0.2, 0.25) is 0 Å². The van der Waals surface area contributed by atoms with E-state index in [-0.39, 0.29) is 24.4 Å². The molecule has 0 bridgehead atoms. The minimum atomic E-state index is -3.07. The van der Waals surface area contributed by atoms with Crippen molar-refractivity contribution in [2.45, 2.75) is 37.8 Å². The second-order valence-electron chi connectivity index (χ2n) is 8.63. The summed E-state index contributed by atoms with van der Waals surface area (Å²) in [6.45, 7) is 0.978. The molecule has 1 unspecified atom stereocenters. The van der Waals surface area contributed by atoms with Crippen molar-refractivity contribution < 1.29 is 23.1 Å². The van der Waals surface area contributed by atoms with Crippen LogP contribution in [-0.2, 0) is 9.53 Å². The first-order valence-electron chi connectivity index (χ1n) is 10.9. The first kappa shape index (κ1) is 21.5. The van der Waals surface area contributed by atoms with Crippen LogP contribution in [0.3, 0.4) is 0 Å². The van der Waals surface area contributed by atoms with Gasteiger partial charge < -0.3 is 20.3 Å². The van der Waals surface area contributed by atoms with Crippen molar-refractivity contribution in [3.63, 3.8) is 0 Å². The summed E-state index contributed by atoms with van der Waals surface area (Å²) in [4.78, 5) is 36.7. The molecule has 1 aromatic heterocycles. The molecule has 11 heteroatoms. The standard InChI is InChI=1S/C22H24F2N6O3/c1-22(23,24)12-30-16-10-25-18(28-19(16)29-8-9-33-11-17(29)20(30)31)13-2-4-14(5-3-13)26-21(32)27-15-6-7-15/h2-5,10,15,17H,6-9,11-12H2,1H3,(H2,26,27,32). The van der Waals surface area contributed by atoms with E-state index in [0.717, 1.165) is 24.7 Å². The topological polar surface area (TPSA) is 99.7 Å². The summed E-state index contributed by atoms with van der Waals surface area (Å²) < 4.78 is 33.1. The molecular formula is C22H24F2N6O3. The third-order valence-electron chi connectivity index (χ3n) is 5.74. The van der Waals surface area contributed by atoms with Crippen LogP contribution in [0, 0.1) is 0 Å². The number of morpholine rings is 1. The smallest absolute Gasteiger partial charge is 0.319 e. The van der Waals surface area contributed by atoms with E-state index >= 15 is 0 Å². The van der Waals surface area contributed by atoms with E-state index in [1.54, 1.807) is 29.2 Å². The third-order valence-corrected chi connectivity index (χ3v) is 5.74. The van der Waals surface area contributed by atoms with Crippen molar-refractivity contribution in [3.05, 3.63) is 30.5 Å². The quantitative estimate of drug-likeness (QED) is 0.715. The molecule has 174 valence electrons. The number of benzene rings is 1. The van der Waals surface area contributed by atoms with E-state index in [0.29, 0.717) is 36.0 Å². The number of halogens is 2. The van der Waals surface area contributed by atoms with Gasteiger partial charge in [0.15, 0.2) is 11.6 Å². The van der Waals surface area contributed by atoms with Gasteiger partial charge in [-0.15, -0.1) is 0 Å². The summed E-state index contributed by atoms with van der Waals surface area (Å²) >= 11 is 0. The van der Waals surface area contributed by atoms with E-state index in [4.69, 9.17) is 4.74 Å². The molecule has 2 aliphatic heterocycles. The Bertz CT molecular complexity index is 1070. The number of fused-ring (bicyclic) bond motifs is 3. The molecule has 3 amide bonds. The van der Waals surface area contributed by atoms with Crippen molar-refractivity contribution in [1.29, 1.82) is 0 Å². The first-order chi connectivity index (χ1) is 15.8. The van der Waals surface area contributed by atoms with Crippen molar-refractivity contribution >= 4 is 29.1 Å². The second-order valence-corrected chi connectivity index (χ2v) is 8.63. The fourth-order valence-corrected chi connectivity index (χ4v) is 3.99. The number of aromatic nitrogens is 2. The van der Waals surface area contributed by atoms with Crippen LogP contribution in [0.5, 0.6) is 0 Å². The van der Waals surface area contributed by atoms with Crippen LogP contribution in [0.4, 0.5) is 30.8 Å². The number of hydrogen-bond acceptors (Lipinski definition) is 6. The predicted octanol–water partition coefficient (Wildman–Crippen LogP) is 2.63. The highest BCUT2D eigenvalue weighted by molar-refractivity contribution is 6.05. The summed E-state index contributed by atoms with van der Waals surface area (Å²) in [7, 11) is 0. The summed E-state index contributed by atoms with van der Waals surface area (Å²) in [5.41, 5.74) is 1.59. The number of carbonyl (C=O) groups excluding carboxylic acids is 2. The summed E-state index contributed by atoms with van der Waals surface area (Å²) in [6, 6.07) is 6.36. The number of nitrogens with zero attached hydrogens (tertiary/aromatic N) is 4. The fourth-order valence-electron chi connectivity index (χ4n) is 3.99. The van der Waals surface area contributed by atoms with Gasteiger partial charge in [0.1, 0.15) is 11.7 Å². The number of nitrogens with one attached hydrogen (secondary N) is 2. The van der Waals surface area contributed by atoms with Gasteiger partial charge in [-0.25, -0.2) is 23.5 Å². The van der Waals surface area contributed by atoms with E-state index in [2.05, 4.69) is 20.6 Å². The molecule has 2 aromatic rings. The van der Waals surface area contributed by atoms with Gasteiger partial charge in [0.2, 0.25) is 0 Å². The van der Waals surface area contributed by atoms with E-state index in [9.17, 15) is 18.4 Å². The van der Waals surface area contributed by atoms with Gasteiger partial charge in [-0.3, -0.25) is 9.69 Å². The van der Waals surface area contributed by atoms with E-state index in [1.807, 2.05) is 0 Å². The summed E-state index contributed by atoms with van der Waals surface area (Å²) in [5.74, 6) is -2.69. The fraction of sp³-hybridized carbons (Fsp3) is 0.455. The lowest BCUT2D eigenvalue weighted by molar-refractivity contribution is -0.123. The summed E-state index contributed by atoms with van der Waals surface area (Å²) in [5, 5.41) is 5.64. The Morgan fingerprint density at radius 3 is 2.73 bits per heavy atom. The molecular weight excluding hydrogens is 434 g/mol. The van der Waals surface area contributed by atoms with Crippen molar-refractivity contribution in [2.24, 2.45) is 0 Å². The Morgan fingerprint density at radius 2 is 2.03 bits per heavy atom. The Morgan fingerprint density at radius 1 is 1.27 bits per heavy atom. The number of alkyl halides is 2. The van der Waals surface area contributed by atoms with Crippen molar-refractivity contribution in [2.75, 3.05) is 41.4 Å². The molecule has 3 aliphatic rings. The molecule has 33 heavy (non-hydrogen) atoms. The lowest BCUT2D eigenvalue weighted by atomic mass is 10.1. The van der Waals surface area contributed by atoms with Crippen LogP contribution in [0.25, 0.3) is 11.4 Å². The summed E-state index contributed by atoms with van der Waals surface area (Å²) in [6.07, 6.45) is 3.43. The molecule has 2 N–H and O–H groups in total. The molecule has 3 heterocycles. The second kappa shape index (κ2) is 8.22. The van der Waals surface area contributed by atoms with Crippen LogP contribution >= 0.6 is 0 Å². The van der Waals surface area contributed by atoms with Crippen LogP contribution in [-0.4, -0.2) is 66.2 Å². The van der Waals surface area contributed by atoms with Gasteiger partial charge in [-0.05, 0) is 37.1 Å². The molecule has 9 nitrogen and oxygen atoms in total. The molecule has 1 saturated heterocycles. The molecule has 5 rings (SSSR count). The number of anilines is 3. The maximum atomic E-state index is 13.8. The van der Waals surface area contributed by atoms with Gasteiger partial charge in [0, 0.05) is 30.8 Å². The van der Waals surface area contributed by atoms with Crippen molar-refractivity contribution in [3.8, 4) is 11.4 Å². The number of urea groups is 1.